The Hall–Kier alpha value is -1.32. The highest BCUT2D eigenvalue weighted by Gasteiger charge is 2.67. The van der Waals surface area contributed by atoms with Crippen LogP contribution in [0.15, 0.2) is 11.6 Å². The molecule has 5 rings (SSSR count). The van der Waals surface area contributed by atoms with Crippen molar-refractivity contribution in [3.63, 3.8) is 0 Å². The van der Waals surface area contributed by atoms with Gasteiger partial charge in [-0.25, -0.2) is 0 Å². The highest BCUT2D eigenvalue weighted by molar-refractivity contribution is 5.87. The van der Waals surface area contributed by atoms with Crippen LogP contribution >= 0.6 is 0 Å². The summed E-state index contributed by atoms with van der Waals surface area (Å²) in [6.07, 6.45) is 7.07. The van der Waals surface area contributed by atoms with Gasteiger partial charge in [0, 0.05) is 12.3 Å². The largest absolute Gasteiger partial charge is 0.481 e. The molecule has 0 aromatic rings. The number of aliphatic carboxylic acids is 1. The Morgan fingerprint density at radius 3 is 2.28 bits per heavy atom. The molecule has 6 unspecified atom stereocenters. The van der Waals surface area contributed by atoms with Crippen molar-refractivity contribution < 1.29 is 39.9 Å². The highest BCUT2D eigenvalue weighted by atomic mass is 16.5. The van der Waals surface area contributed by atoms with Crippen molar-refractivity contribution in [2.24, 2.45) is 50.7 Å². The van der Waals surface area contributed by atoms with Crippen LogP contribution in [0.1, 0.15) is 126 Å². The van der Waals surface area contributed by atoms with Gasteiger partial charge >= 0.3 is 5.97 Å². The van der Waals surface area contributed by atoms with Crippen molar-refractivity contribution in [1.82, 2.24) is 0 Å². The number of Topliss-reactive ketones (excluding diaryl/α,β-unsaturated/α-hetero) is 1. The van der Waals surface area contributed by atoms with Crippen molar-refractivity contribution >= 4 is 11.8 Å². The molecule has 1 saturated heterocycles. The molecule has 0 spiro atoms. The summed E-state index contributed by atoms with van der Waals surface area (Å²) in [5.41, 5.74) is 1.67. The molecule has 4 aliphatic carbocycles. The summed E-state index contributed by atoms with van der Waals surface area (Å²) in [6.45, 7) is 16.1. The third kappa shape index (κ3) is 5.74. The number of carbonyl (C=O) groups excluding carboxylic acids is 1. The summed E-state index contributed by atoms with van der Waals surface area (Å²) in [5.74, 6) is 0.0224. The Kier molecular flexibility index (Phi) is 9.80. The van der Waals surface area contributed by atoms with E-state index in [1.807, 2.05) is 0 Å². The van der Waals surface area contributed by atoms with Gasteiger partial charge in [0.25, 0.3) is 0 Å². The molecule has 12 atom stereocenters. The van der Waals surface area contributed by atoms with Crippen LogP contribution in [0.5, 0.6) is 0 Å². The molecule has 0 radical (unpaired) electrons. The molecule has 0 bridgehead atoms. The van der Waals surface area contributed by atoms with E-state index in [1.165, 1.54) is 19.3 Å². The van der Waals surface area contributed by atoms with Gasteiger partial charge in [0.1, 0.15) is 30.5 Å². The summed E-state index contributed by atoms with van der Waals surface area (Å²) in [7, 11) is 0. The fourth-order valence-corrected chi connectivity index (χ4v) is 12.2. The number of carboxylic acid groups (broad SMARTS) is 1. The monoisotopic (exact) mass is 646 g/mol. The van der Waals surface area contributed by atoms with Gasteiger partial charge < -0.3 is 30.3 Å². The lowest BCUT2D eigenvalue weighted by Crippen LogP contribution is -2.65. The van der Waals surface area contributed by atoms with E-state index in [0.29, 0.717) is 24.2 Å². The summed E-state index contributed by atoms with van der Waals surface area (Å²) in [4.78, 5) is 25.3. The average Bonchev–Trinajstić information content (AvgIpc) is 2.95. The van der Waals surface area contributed by atoms with Gasteiger partial charge in [0.05, 0.1) is 6.61 Å². The maximum Gasteiger partial charge on any atom is 0.303 e. The summed E-state index contributed by atoms with van der Waals surface area (Å²) in [5, 5.41) is 50.4. The van der Waals surface area contributed by atoms with E-state index >= 15 is 0 Å². The molecule has 5 N–H and O–H groups in total. The van der Waals surface area contributed by atoms with Crippen LogP contribution in [0.2, 0.25) is 0 Å². The second-order valence-electron chi connectivity index (χ2n) is 18.1. The second-order valence-corrected chi connectivity index (χ2v) is 18.1. The normalized spacial score (nSPS) is 45.5. The molecule has 5 aliphatic rings. The van der Waals surface area contributed by atoms with Crippen LogP contribution in [0.25, 0.3) is 0 Å². The van der Waals surface area contributed by atoms with Gasteiger partial charge in [0.2, 0.25) is 0 Å². The number of allylic oxidation sites excluding steroid dienone is 2. The number of carboxylic acids is 1. The fourth-order valence-electron chi connectivity index (χ4n) is 12.2. The van der Waals surface area contributed by atoms with Crippen LogP contribution in [-0.2, 0) is 14.3 Å². The van der Waals surface area contributed by atoms with Crippen molar-refractivity contribution in [1.29, 1.82) is 0 Å². The molecule has 1 aliphatic heterocycles. The lowest BCUT2D eigenvalue weighted by atomic mass is 9.34. The van der Waals surface area contributed by atoms with E-state index in [9.17, 15) is 35.1 Å². The molecule has 8 heteroatoms. The van der Waals surface area contributed by atoms with Gasteiger partial charge in [-0.1, -0.05) is 66.5 Å². The van der Waals surface area contributed by atoms with Gasteiger partial charge in [-0.3, -0.25) is 9.59 Å². The minimum atomic E-state index is -1.55. The van der Waals surface area contributed by atoms with Gasteiger partial charge in [0.15, 0.2) is 5.78 Å². The highest BCUT2D eigenvalue weighted by Crippen LogP contribution is 2.74. The molecular weight excluding hydrogens is 584 g/mol. The van der Waals surface area contributed by atoms with E-state index in [-0.39, 0.29) is 45.2 Å². The number of ketones is 1. The zero-order chi connectivity index (χ0) is 34.0. The molecule has 1 heterocycles. The topological polar surface area (TPSA) is 145 Å². The number of rotatable bonds is 9. The first-order valence-electron chi connectivity index (χ1n) is 18.1. The number of hydrogen-bond donors (Lipinski definition) is 5. The van der Waals surface area contributed by atoms with Gasteiger partial charge in [-0.05, 0) is 109 Å². The third-order valence-corrected chi connectivity index (χ3v) is 14.8. The Balaban J connectivity index is 1.38. The molecular formula is C38H62O8. The molecule has 3 saturated carbocycles. The first kappa shape index (κ1) is 36.0. The van der Waals surface area contributed by atoms with E-state index in [2.05, 4.69) is 54.5 Å². The second kappa shape index (κ2) is 12.5. The molecule has 46 heavy (non-hydrogen) atoms. The predicted molar refractivity (Wildman–Crippen MR) is 176 cm³/mol. The molecule has 262 valence electrons. The lowest BCUT2D eigenvalue weighted by molar-refractivity contribution is -0.233. The number of hydrogen-bond acceptors (Lipinski definition) is 7. The smallest absolute Gasteiger partial charge is 0.303 e. The molecule has 4 fully saturated rings. The van der Waals surface area contributed by atoms with Crippen LogP contribution in [0.4, 0.5) is 0 Å². The van der Waals surface area contributed by atoms with E-state index in [1.54, 1.807) is 5.57 Å². The van der Waals surface area contributed by atoms with E-state index in [0.717, 1.165) is 44.9 Å². The minimum absolute atomic E-state index is 0.0384. The average molecular weight is 647 g/mol. The summed E-state index contributed by atoms with van der Waals surface area (Å²) in [6, 6.07) is 0. The molecule has 8 nitrogen and oxygen atoms in total. The summed E-state index contributed by atoms with van der Waals surface area (Å²) >= 11 is 0. The Morgan fingerprint density at radius 2 is 1.63 bits per heavy atom. The zero-order valence-electron chi connectivity index (χ0n) is 29.4. The summed E-state index contributed by atoms with van der Waals surface area (Å²) < 4.78 is 5.76. The number of aliphatic hydroxyl groups excluding tert-OH is 4. The minimum Gasteiger partial charge on any atom is -0.481 e. The van der Waals surface area contributed by atoms with Crippen molar-refractivity contribution in [2.45, 2.75) is 156 Å². The first-order valence-corrected chi connectivity index (χ1v) is 18.1. The van der Waals surface area contributed by atoms with Crippen molar-refractivity contribution in [2.75, 3.05) is 6.61 Å². The molecule has 0 aromatic heterocycles. The quantitative estimate of drug-likeness (QED) is 0.201. The zero-order valence-corrected chi connectivity index (χ0v) is 29.4. The molecule has 0 amide bonds. The standard InChI is InChI=1S/C38H62O8/c1-34(2,16-9-11-28(40)41)20-22-10-8-17-37(6)23(22)12-13-27-36(5)18-14-24(35(3,4)26(36)15-19-38(27,37)7)29(42)33-32(45)31(44)30(43)25(21-39)46-33/h12,22,24-27,30-33,39,43-45H,8-11,13-21H2,1-7H3,(H,40,41)/t22?,24-,25?,26?,27?,30-,31?,32?,33-,36+,37-,38-/m1/s1. The number of aliphatic hydroxyl groups is 4. The predicted octanol–water partition coefficient (Wildman–Crippen LogP) is 5.68. The van der Waals surface area contributed by atoms with Crippen molar-refractivity contribution in [3.8, 4) is 0 Å². The van der Waals surface area contributed by atoms with E-state index in [4.69, 9.17) is 4.74 Å². The number of ether oxygens (including phenoxy) is 1. The van der Waals surface area contributed by atoms with Crippen LogP contribution in [-0.4, -0.2) is 74.4 Å². The Bertz CT molecular complexity index is 1190. The maximum absolute atomic E-state index is 14.1. The molecule has 0 aromatic carbocycles. The fraction of sp³-hybridized carbons (Fsp3) is 0.895. The van der Waals surface area contributed by atoms with Gasteiger partial charge in [-0.2, -0.15) is 0 Å². The van der Waals surface area contributed by atoms with Crippen LogP contribution < -0.4 is 0 Å². The Labute approximate surface area is 276 Å². The van der Waals surface area contributed by atoms with E-state index < -0.39 is 43.1 Å². The van der Waals surface area contributed by atoms with Crippen LogP contribution in [0.3, 0.4) is 0 Å². The maximum atomic E-state index is 14.1. The SMILES string of the molecule is CC(C)(CCCC(=O)O)CC1CCC[C@]2(C)C1=CCC1[C@@]3(C)CC[C@H](C(=O)[C@H]4OC(CO)[C@@H](O)C(O)C4O)C(C)(C)C3CC[C@]12C. The van der Waals surface area contributed by atoms with Gasteiger partial charge in [-0.15, -0.1) is 0 Å². The van der Waals surface area contributed by atoms with Crippen LogP contribution in [0, 0.1) is 50.7 Å². The Morgan fingerprint density at radius 1 is 0.935 bits per heavy atom. The van der Waals surface area contributed by atoms with Crippen molar-refractivity contribution in [3.05, 3.63) is 11.6 Å². The number of carbonyl (C=O) groups is 2. The first-order chi connectivity index (χ1) is 21.3. The third-order valence-electron chi connectivity index (χ3n) is 14.8. The lowest BCUT2D eigenvalue weighted by Gasteiger charge is -2.70. The number of fused-ring (bicyclic) bond motifs is 5.